The van der Waals surface area contributed by atoms with E-state index in [1.807, 2.05) is 36.2 Å². The highest BCUT2D eigenvalue weighted by atomic mass is 16.5. The average molecular weight is 410 g/mol. The zero-order valence-electron chi connectivity index (χ0n) is 18.1. The van der Waals surface area contributed by atoms with Crippen LogP contribution in [0.4, 0.5) is 5.82 Å². The summed E-state index contributed by atoms with van der Waals surface area (Å²) in [7, 11) is 5.72. The number of aryl methyl sites for hydroxylation is 1. The van der Waals surface area contributed by atoms with E-state index in [1.54, 1.807) is 7.11 Å². The Kier molecular flexibility index (Phi) is 6.18. The molecular weight excluding hydrogens is 378 g/mol. The molecule has 1 amide bonds. The number of carbonyl (C=O) groups is 1. The fraction of sp³-hybridized carbons (Fsp3) is 0.522. The van der Waals surface area contributed by atoms with Gasteiger partial charge in [0.15, 0.2) is 0 Å². The lowest BCUT2D eigenvalue weighted by Gasteiger charge is -2.26. The van der Waals surface area contributed by atoms with Crippen molar-refractivity contribution < 1.29 is 9.53 Å². The Morgan fingerprint density at radius 2 is 2.10 bits per heavy atom. The first-order valence-electron chi connectivity index (χ1n) is 10.7. The van der Waals surface area contributed by atoms with Crippen LogP contribution in [0.5, 0.6) is 5.75 Å². The number of carbonyl (C=O) groups excluding carboxylic acids is 1. The van der Waals surface area contributed by atoms with Gasteiger partial charge >= 0.3 is 0 Å². The number of rotatable bonds is 6. The van der Waals surface area contributed by atoms with Crippen molar-refractivity contribution >= 4 is 11.7 Å². The van der Waals surface area contributed by atoms with Crippen molar-refractivity contribution in [3.05, 3.63) is 46.9 Å². The number of amides is 1. The molecule has 3 heterocycles. The van der Waals surface area contributed by atoms with Gasteiger partial charge in [-0.1, -0.05) is 18.2 Å². The maximum absolute atomic E-state index is 12.8. The van der Waals surface area contributed by atoms with E-state index in [-0.39, 0.29) is 11.8 Å². The lowest BCUT2D eigenvalue weighted by atomic mass is 10.0. The van der Waals surface area contributed by atoms with E-state index < -0.39 is 0 Å². The van der Waals surface area contributed by atoms with Crippen LogP contribution in [-0.4, -0.2) is 66.5 Å². The van der Waals surface area contributed by atoms with Crippen LogP contribution in [0.1, 0.15) is 41.4 Å². The topological polar surface area (TPSA) is 70.6 Å². The van der Waals surface area contributed by atoms with Crippen LogP contribution in [0, 0.1) is 0 Å². The fourth-order valence-electron chi connectivity index (χ4n) is 4.48. The van der Waals surface area contributed by atoms with Gasteiger partial charge < -0.3 is 19.9 Å². The molecule has 1 aromatic carbocycles. The molecule has 4 rings (SSSR count). The lowest BCUT2D eigenvalue weighted by Crippen LogP contribution is -2.30. The summed E-state index contributed by atoms with van der Waals surface area (Å²) < 4.78 is 5.40. The molecule has 2 aliphatic rings. The van der Waals surface area contributed by atoms with Crippen LogP contribution < -0.4 is 10.1 Å². The fourth-order valence-corrected chi connectivity index (χ4v) is 4.48. The lowest BCUT2D eigenvalue weighted by molar-refractivity contribution is -0.130. The number of benzene rings is 1. The second kappa shape index (κ2) is 9.00. The van der Waals surface area contributed by atoms with E-state index in [1.165, 1.54) is 5.56 Å². The van der Waals surface area contributed by atoms with E-state index in [0.717, 1.165) is 61.1 Å². The van der Waals surface area contributed by atoms with E-state index in [2.05, 4.69) is 17.3 Å². The van der Waals surface area contributed by atoms with Crippen LogP contribution >= 0.6 is 0 Å². The van der Waals surface area contributed by atoms with Crippen molar-refractivity contribution in [3.8, 4) is 5.75 Å². The van der Waals surface area contributed by atoms with Gasteiger partial charge in [-0.15, -0.1) is 0 Å². The summed E-state index contributed by atoms with van der Waals surface area (Å²) in [4.78, 5) is 26.8. The van der Waals surface area contributed by atoms with Gasteiger partial charge in [0.05, 0.1) is 12.8 Å². The SMILES string of the molecule is CNc1nc([C@@H]2CCN(C(=O)CCc3ccccc3OC)C2)nc2c1CCN(C)C2. The predicted molar refractivity (Wildman–Crippen MR) is 117 cm³/mol. The van der Waals surface area contributed by atoms with Crippen LogP contribution in [-0.2, 0) is 24.2 Å². The highest BCUT2D eigenvalue weighted by molar-refractivity contribution is 5.77. The first kappa shape index (κ1) is 20.6. The summed E-state index contributed by atoms with van der Waals surface area (Å²) in [5, 5.41) is 3.26. The maximum Gasteiger partial charge on any atom is 0.222 e. The van der Waals surface area contributed by atoms with Crippen LogP contribution in [0.25, 0.3) is 0 Å². The van der Waals surface area contributed by atoms with Gasteiger partial charge in [0.1, 0.15) is 17.4 Å². The highest BCUT2D eigenvalue weighted by Gasteiger charge is 2.31. The van der Waals surface area contributed by atoms with Gasteiger partial charge in [0.2, 0.25) is 5.91 Å². The van der Waals surface area contributed by atoms with E-state index in [4.69, 9.17) is 14.7 Å². The van der Waals surface area contributed by atoms with Crippen molar-refractivity contribution in [1.82, 2.24) is 19.8 Å². The number of likely N-dealkylation sites (N-methyl/N-ethyl adjacent to an activating group) is 1. The number of likely N-dealkylation sites (tertiary alicyclic amines) is 1. The minimum Gasteiger partial charge on any atom is -0.496 e. The first-order chi connectivity index (χ1) is 14.6. The number of fused-ring (bicyclic) bond motifs is 1. The number of nitrogens with one attached hydrogen (secondary N) is 1. The third kappa shape index (κ3) is 4.26. The van der Waals surface area contributed by atoms with Gasteiger partial charge in [-0.05, 0) is 37.9 Å². The number of hydrogen-bond donors (Lipinski definition) is 1. The summed E-state index contributed by atoms with van der Waals surface area (Å²) in [6, 6.07) is 7.90. The summed E-state index contributed by atoms with van der Waals surface area (Å²) in [5.74, 6) is 3.05. The Morgan fingerprint density at radius 3 is 2.90 bits per heavy atom. The van der Waals surface area contributed by atoms with Crippen LogP contribution in [0.15, 0.2) is 24.3 Å². The van der Waals surface area contributed by atoms with E-state index in [0.29, 0.717) is 19.4 Å². The molecule has 1 N–H and O–H groups in total. The summed E-state index contributed by atoms with van der Waals surface area (Å²) in [6.07, 6.45) is 3.07. The van der Waals surface area contributed by atoms with Crippen molar-refractivity contribution in [1.29, 1.82) is 0 Å². The summed E-state index contributed by atoms with van der Waals surface area (Å²) >= 11 is 0. The van der Waals surface area contributed by atoms with Gasteiger partial charge in [0, 0.05) is 51.1 Å². The zero-order chi connectivity index (χ0) is 21.1. The van der Waals surface area contributed by atoms with Gasteiger partial charge in [-0.3, -0.25) is 4.79 Å². The molecule has 7 nitrogen and oxygen atoms in total. The largest absolute Gasteiger partial charge is 0.496 e. The van der Waals surface area contributed by atoms with Crippen molar-refractivity contribution in [3.63, 3.8) is 0 Å². The molecule has 2 aromatic rings. The second-order valence-corrected chi connectivity index (χ2v) is 8.23. The molecule has 1 aromatic heterocycles. The zero-order valence-corrected chi connectivity index (χ0v) is 18.1. The molecule has 30 heavy (non-hydrogen) atoms. The number of anilines is 1. The quantitative estimate of drug-likeness (QED) is 0.790. The van der Waals surface area contributed by atoms with Crippen LogP contribution in [0.3, 0.4) is 0 Å². The third-order valence-corrected chi connectivity index (χ3v) is 6.22. The number of methoxy groups -OCH3 is 1. The Bertz CT molecular complexity index is 916. The highest BCUT2D eigenvalue weighted by Crippen LogP contribution is 2.30. The minimum absolute atomic E-state index is 0.190. The molecule has 160 valence electrons. The Morgan fingerprint density at radius 1 is 1.27 bits per heavy atom. The number of para-hydroxylation sites is 1. The molecule has 1 atom stereocenters. The number of aromatic nitrogens is 2. The molecule has 1 saturated heterocycles. The summed E-state index contributed by atoms with van der Waals surface area (Å²) in [6.45, 7) is 3.35. The molecule has 1 fully saturated rings. The second-order valence-electron chi connectivity index (χ2n) is 8.23. The minimum atomic E-state index is 0.190. The van der Waals surface area contributed by atoms with E-state index in [9.17, 15) is 4.79 Å². The molecule has 0 aliphatic carbocycles. The smallest absolute Gasteiger partial charge is 0.222 e. The predicted octanol–water partition coefficient (Wildman–Crippen LogP) is 2.46. The molecule has 7 heteroatoms. The normalized spacial score (nSPS) is 18.9. The molecule has 0 radical (unpaired) electrons. The number of nitrogens with zero attached hydrogens (tertiary/aromatic N) is 4. The Labute approximate surface area is 178 Å². The molecule has 0 spiro atoms. The maximum atomic E-state index is 12.8. The van der Waals surface area contributed by atoms with Gasteiger partial charge in [-0.2, -0.15) is 0 Å². The monoisotopic (exact) mass is 409 g/mol. The molecular formula is C23H31N5O2. The standard InChI is InChI=1S/C23H31N5O2/c1-24-23-18-11-12-27(2)15-19(18)25-22(26-23)17-10-13-28(14-17)21(29)9-8-16-6-4-5-7-20(16)30-3/h4-7,17H,8-15H2,1-3H3,(H,24,25,26)/t17-/m1/s1. The van der Waals surface area contributed by atoms with Gasteiger partial charge in [0.25, 0.3) is 0 Å². The van der Waals surface area contributed by atoms with Crippen molar-refractivity contribution in [2.45, 2.75) is 38.1 Å². The molecule has 2 aliphatic heterocycles. The van der Waals surface area contributed by atoms with E-state index >= 15 is 0 Å². The molecule has 0 saturated carbocycles. The third-order valence-electron chi connectivity index (χ3n) is 6.22. The van der Waals surface area contributed by atoms with Crippen LogP contribution in [0.2, 0.25) is 0 Å². The van der Waals surface area contributed by atoms with Crippen molar-refractivity contribution in [2.75, 3.05) is 46.2 Å². The Balaban J connectivity index is 1.42. The average Bonchev–Trinajstić information content (AvgIpc) is 3.27. The van der Waals surface area contributed by atoms with Crippen molar-refractivity contribution in [2.24, 2.45) is 0 Å². The van der Waals surface area contributed by atoms with Gasteiger partial charge in [-0.25, -0.2) is 9.97 Å². The number of hydrogen-bond acceptors (Lipinski definition) is 6. The Hall–Kier alpha value is -2.67. The molecule has 0 bridgehead atoms. The molecule has 0 unspecified atom stereocenters. The first-order valence-corrected chi connectivity index (χ1v) is 10.7. The number of ether oxygens (including phenoxy) is 1. The summed E-state index contributed by atoms with van der Waals surface area (Å²) in [5.41, 5.74) is 3.44.